The van der Waals surface area contributed by atoms with Gasteiger partial charge in [-0.2, -0.15) is 5.10 Å². The molecular weight excluding hydrogens is 305 g/mol. The number of nitrogens with zero attached hydrogens (tertiary/aromatic N) is 3. The highest BCUT2D eigenvalue weighted by atomic mass is 19.1. The number of anilines is 1. The van der Waals surface area contributed by atoms with E-state index >= 15 is 4.39 Å². The summed E-state index contributed by atoms with van der Waals surface area (Å²) in [6.45, 7) is 5.54. The fraction of sp³-hybridized carbons (Fsp3) is 0.167. The van der Waals surface area contributed by atoms with Crippen LogP contribution < -0.4 is 5.73 Å². The number of H-pyrrole nitrogens is 1. The summed E-state index contributed by atoms with van der Waals surface area (Å²) in [5.41, 5.74) is 10.2. The fourth-order valence-corrected chi connectivity index (χ4v) is 3.26. The van der Waals surface area contributed by atoms with Crippen molar-refractivity contribution in [3.8, 4) is 11.1 Å². The fourth-order valence-electron chi connectivity index (χ4n) is 3.26. The summed E-state index contributed by atoms with van der Waals surface area (Å²) < 4.78 is 15.4. The molecule has 4 rings (SSSR count). The molecule has 0 fully saturated rings. The van der Waals surface area contributed by atoms with Crippen LogP contribution in [0.5, 0.6) is 0 Å². The molecule has 2 heterocycles. The maximum atomic E-state index is 15.4. The average molecular weight is 321 g/mol. The molecule has 5 nitrogen and oxygen atoms in total. The summed E-state index contributed by atoms with van der Waals surface area (Å²) in [4.78, 5) is 8.40. The number of nitrogens with one attached hydrogen (secondary N) is 1. The summed E-state index contributed by atoms with van der Waals surface area (Å²) in [7, 11) is 0. The number of hydrogen-bond donors (Lipinski definition) is 2. The van der Waals surface area contributed by atoms with Gasteiger partial charge in [0.05, 0.1) is 11.7 Å². The number of rotatable bonds is 1. The molecule has 0 unspecified atom stereocenters. The standard InChI is InChI=1S/C18H16FN5/c1-8-4-5-13-12(7-21-24-13)14(8)15-9(2)6-11-17(16(15)19)22-10(3)23-18(11)20/h4-7H,1-3H3,(H,21,24)(H2,20,22,23). The van der Waals surface area contributed by atoms with E-state index in [1.54, 1.807) is 13.1 Å². The molecule has 2 aromatic carbocycles. The Morgan fingerprint density at radius 1 is 1.00 bits per heavy atom. The van der Waals surface area contributed by atoms with Gasteiger partial charge in [0.1, 0.15) is 17.2 Å². The highest BCUT2D eigenvalue weighted by Crippen LogP contribution is 2.38. The maximum absolute atomic E-state index is 15.4. The van der Waals surface area contributed by atoms with Crippen LogP contribution in [-0.4, -0.2) is 20.2 Å². The van der Waals surface area contributed by atoms with Gasteiger partial charge in [-0.3, -0.25) is 5.10 Å². The van der Waals surface area contributed by atoms with E-state index in [-0.39, 0.29) is 11.3 Å². The molecule has 0 atom stereocenters. The monoisotopic (exact) mass is 321 g/mol. The van der Waals surface area contributed by atoms with Crippen molar-refractivity contribution in [3.05, 3.63) is 47.2 Å². The third-order valence-electron chi connectivity index (χ3n) is 4.35. The Balaban J connectivity index is 2.17. The van der Waals surface area contributed by atoms with Crippen molar-refractivity contribution >= 4 is 27.6 Å². The molecule has 0 amide bonds. The number of nitrogen functional groups attached to an aromatic ring is 1. The van der Waals surface area contributed by atoms with Gasteiger partial charge in [0.25, 0.3) is 0 Å². The van der Waals surface area contributed by atoms with Crippen LogP contribution in [0.1, 0.15) is 17.0 Å². The summed E-state index contributed by atoms with van der Waals surface area (Å²) >= 11 is 0. The number of aromatic nitrogens is 4. The third kappa shape index (κ3) is 1.96. The molecule has 0 saturated carbocycles. The number of fused-ring (bicyclic) bond motifs is 2. The van der Waals surface area contributed by atoms with Crippen LogP contribution in [0.4, 0.5) is 10.2 Å². The van der Waals surface area contributed by atoms with Gasteiger partial charge in [-0.05, 0) is 49.6 Å². The van der Waals surface area contributed by atoms with Gasteiger partial charge < -0.3 is 5.73 Å². The molecule has 24 heavy (non-hydrogen) atoms. The van der Waals surface area contributed by atoms with Gasteiger partial charge in [0.2, 0.25) is 0 Å². The van der Waals surface area contributed by atoms with Gasteiger partial charge in [-0.25, -0.2) is 14.4 Å². The lowest BCUT2D eigenvalue weighted by Crippen LogP contribution is -2.02. The smallest absolute Gasteiger partial charge is 0.157 e. The lowest BCUT2D eigenvalue weighted by Gasteiger charge is -2.14. The third-order valence-corrected chi connectivity index (χ3v) is 4.35. The van der Waals surface area contributed by atoms with E-state index < -0.39 is 0 Å². The minimum atomic E-state index is -0.376. The Hall–Kier alpha value is -3.02. The Bertz CT molecular complexity index is 1110. The largest absolute Gasteiger partial charge is 0.383 e. The minimum absolute atomic E-state index is 0.250. The van der Waals surface area contributed by atoms with Gasteiger partial charge in [-0.15, -0.1) is 0 Å². The van der Waals surface area contributed by atoms with Gasteiger partial charge >= 0.3 is 0 Å². The normalized spacial score (nSPS) is 11.5. The Morgan fingerprint density at radius 3 is 2.58 bits per heavy atom. The second-order valence-corrected chi connectivity index (χ2v) is 6.02. The number of hydrogen-bond acceptors (Lipinski definition) is 4. The van der Waals surface area contributed by atoms with Crippen molar-refractivity contribution in [1.29, 1.82) is 0 Å². The first-order valence-electron chi connectivity index (χ1n) is 7.63. The zero-order valence-electron chi connectivity index (χ0n) is 13.6. The molecule has 0 radical (unpaired) electrons. The number of nitrogens with two attached hydrogens (primary N) is 1. The molecule has 3 N–H and O–H groups in total. The van der Waals surface area contributed by atoms with Crippen molar-refractivity contribution in [2.24, 2.45) is 0 Å². The summed E-state index contributed by atoms with van der Waals surface area (Å²) in [5.74, 6) is 0.371. The summed E-state index contributed by atoms with van der Waals surface area (Å²) in [6.07, 6.45) is 1.72. The topological polar surface area (TPSA) is 80.5 Å². The molecule has 0 bridgehead atoms. The van der Waals surface area contributed by atoms with E-state index in [4.69, 9.17) is 5.73 Å². The lowest BCUT2D eigenvalue weighted by molar-refractivity contribution is 0.638. The highest BCUT2D eigenvalue weighted by Gasteiger charge is 2.20. The van der Waals surface area contributed by atoms with Gasteiger partial charge in [0, 0.05) is 16.3 Å². The van der Waals surface area contributed by atoms with Crippen molar-refractivity contribution in [1.82, 2.24) is 20.2 Å². The number of aromatic amines is 1. The Morgan fingerprint density at radius 2 is 1.79 bits per heavy atom. The van der Waals surface area contributed by atoms with E-state index in [9.17, 15) is 0 Å². The zero-order valence-corrected chi connectivity index (χ0v) is 13.6. The van der Waals surface area contributed by atoms with Gasteiger partial charge in [-0.1, -0.05) is 6.07 Å². The molecule has 6 heteroatoms. The Labute approximate surface area is 137 Å². The van der Waals surface area contributed by atoms with E-state index in [1.165, 1.54) is 0 Å². The molecule has 4 aromatic rings. The molecule has 120 valence electrons. The van der Waals surface area contributed by atoms with Crippen LogP contribution in [0.2, 0.25) is 0 Å². The highest BCUT2D eigenvalue weighted by molar-refractivity contribution is 6.01. The van der Waals surface area contributed by atoms with Crippen LogP contribution in [0.15, 0.2) is 24.4 Å². The molecule has 0 aliphatic heterocycles. The van der Waals surface area contributed by atoms with Crippen molar-refractivity contribution in [2.45, 2.75) is 20.8 Å². The lowest BCUT2D eigenvalue weighted by atomic mass is 9.92. The molecule has 0 spiro atoms. The van der Waals surface area contributed by atoms with Crippen molar-refractivity contribution < 1.29 is 4.39 Å². The first kappa shape index (κ1) is 14.6. The SMILES string of the molecule is Cc1nc(N)c2cc(C)c(-c3c(C)ccc4[nH]ncc34)c(F)c2n1. The quantitative estimate of drug-likeness (QED) is 0.558. The first-order valence-corrected chi connectivity index (χ1v) is 7.63. The van der Waals surface area contributed by atoms with E-state index in [0.717, 1.165) is 27.6 Å². The zero-order chi connectivity index (χ0) is 17.0. The van der Waals surface area contributed by atoms with E-state index in [0.29, 0.717) is 22.6 Å². The van der Waals surface area contributed by atoms with Crippen molar-refractivity contribution in [3.63, 3.8) is 0 Å². The second-order valence-electron chi connectivity index (χ2n) is 6.02. The number of benzene rings is 2. The average Bonchev–Trinajstić information content (AvgIpc) is 2.99. The van der Waals surface area contributed by atoms with Crippen LogP contribution in [-0.2, 0) is 0 Å². The predicted octanol–water partition coefficient (Wildman–Crippen LogP) is 3.82. The van der Waals surface area contributed by atoms with Crippen LogP contribution in [0.25, 0.3) is 32.9 Å². The summed E-state index contributed by atoms with van der Waals surface area (Å²) in [6, 6.07) is 5.75. The van der Waals surface area contributed by atoms with E-state index in [2.05, 4.69) is 20.2 Å². The number of aryl methyl sites for hydroxylation is 3. The van der Waals surface area contributed by atoms with Crippen LogP contribution in [0, 0.1) is 26.6 Å². The predicted molar refractivity (Wildman–Crippen MR) is 93.2 cm³/mol. The molecule has 2 aromatic heterocycles. The van der Waals surface area contributed by atoms with Gasteiger partial charge in [0.15, 0.2) is 5.82 Å². The molecule has 0 aliphatic rings. The Kier molecular flexibility index (Phi) is 3.03. The second kappa shape index (κ2) is 4.99. The van der Waals surface area contributed by atoms with E-state index in [1.807, 2.05) is 32.0 Å². The minimum Gasteiger partial charge on any atom is -0.383 e. The number of halogens is 1. The first-order chi connectivity index (χ1) is 11.5. The maximum Gasteiger partial charge on any atom is 0.157 e. The van der Waals surface area contributed by atoms with Crippen LogP contribution >= 0.6 is 0 Å². The molecular formula is C18H16FN5. The molecule has 0 saturated heterocycles. The summed E-state index contributed by atoms with van der Waals surface area (Å²) in [5, 5.41) is 8.44. The molecule has 0 aliphatic carbocycles. The van der Waals surface area contributed by atoms with Crippen molar-refractivity contribution in [2.75, 3.05) is 5.73 Å². The van der Waals surface area contributed by atoms with Crippen LogP contribution in [0.3, 0.4) is 0 Å².